The first-order valence-electron chi connectivity index (χ1n) is 3.42. The minimum absolute atomic E-state index is 0.246. The minimum Gasteiger partial charge on any atom is -0.508 e. The second kappa shape index (κ2) is 3.10. The lowest BCUT2D eigenvalue weighted by Gasteiger charge is -2.01. The van der Waals surface area contributed by atoms with Gasteiger partial charge in [-0.05, 0) is 30.2 Å². The number of rotatable bonds is 2. The fourth-order valence-electron chi connectivity index (χ4n) is 0.924. The first-order chi connectivity index (χ1) is 5.24. The molecule has 2 nitrogen and oxygen atoms in total. The molecule has 2 heteroatoms. The maximum Gasteiger partial charge on any atom is 0.116 e. The van der Waals surface area contributed by atoms with E-state index in [4.69, 9.17) is 10.8 Å². The Balaban J connectivity index is 3.01. The number of aromatic hydroxyl groups is 1. The van der Waals surface area contributed by atoms with Crippen LogP contribution in [0.15, 0.2) is 30.9 Å². The number of allylic oxidation sites excluding steroid dienone is 1. The quantitative estimate of drug-likeness (QED) is 0.382. The monoisotopic (exact) mass is 149 g/mol. The lowest BCUT2D eigenvalue weighted by molar-refractivity contribution is 0.475. The van der Waals surface area contributed by atoms with Crippen molar-refractivity contribution in [3.8, 4) is 5.75 Å². The van der Waals surface area contributed by atoms with Gasteiger partial charge in [0, 0.05) is 5.69 Å². The Labute approximate surface area is 66.0 Å². The van der Waals surface area contributed by atoms with E-state index in [0.717, 1.165) is 5.56 Å². The zero-order valence-electron chi connectivity index (χ0n) is 6.25. The van der Waals surface area contributed by atoms with Crippen LogP contribution in [0.4, 0.5) is 5.69 Å². The highest BCUT2D eigenvalue weighted by molar-refractivity contribution is 5.50. The van der Waals surface area contributed by atoms with E-state index in [9.17, 15) is 0 Å². The van der Waals surface area contributed by atoms with Gasteiger partial charge >= 0.3 is 0 Å². The summed E-state index contributed by atoms with van der Waals surface area (Å²) < 4.78 is 0. The molecule has 0 saturated carbocycles. The number of phenols is 1. The Kier molecular flexibility index (Phi) is 2.16. The van der Waals surface area contributed by atoms with E-state index in [0.29, 0.717) is 12.1 Å². The molecule has 0 saturated heterocycles. The topological polar surface area (TPSA) is 46.2 Å². The highest BCUT2D eigenvalue weighted by atomic mass is 16.3. The normalized spacial score (nSPS) is 9.45. The molecule has 0 radical (unpaired) electrons. The summed E-state index contributed by atoms with van der Waals surface area (Å²) in [5.41, 5.74) is 7.23. The van der Waals surface area contributed by atoms with Crippen LogP contribution in [0, 0.1) is 0 Å². The Hall–Kier alpha value is -1.44. The van der Waals surface area contributed by atoms with Crippen molar-refractivity contribution in [1.29, 1.82) is 0 Å². The molecule has 0 aliphatic heterocycles. The van der Waals surface area contributed by atoms with Crippen LogP contribution in [-0.4, -0.2) is 5.11 Å². The number of benzene rings is 1. The van der Waals surface area contributed by atoms with Crippen molar-refractivity contribution in [2.24, 2.45) is 0 Å². The third kappa shape index (κ3) is 1.74. The molecule has 0 spiro atoms. The first-order valence-corrected chi connectivity index (χ1v) is 3.42. The van der Waals surface area contributed by atoms with Crippen LogP contribution >= 0.6 is 0 Å². The molecule has 0 atom stereocenters. The number of hydrogen-bond donors (Lipinski definition) is 2. The molecular formula is C9H11NO. The van der Waals surface area contributed by atoms with Crippen molar-refractivity contribution < 1.29 is 5.11 Å². The SMILES string of the molecule is C=CCc1cc(O)ccc1N. The van der Waals surface area contributed by atoms with E-state index < -0.39 is 0 Å². The summed E-state index contributed by atoms with van der Waals surface area (Å²) in [5.74, 6) is 0.246. The average Bonchev–Trinajstić information content (AvgIpc) is 1.98. The zero-order chi connectivity index (χ0) is 8.27. The Bertz CT molecular complexity index is 268. The van der Waals surface area contributed by atoms with Gasteiger partial charge in [-0.3, -0.25) is 0 Å². The zero-order valence-corrected chi connectivity index (χ0v) is 6.25. The smallest absolute Gasteiger partial charge is 0.116 e. The van der Waals surface area contributed by atoms with E-state index in [1.165, 1.54) is 0 Å². The van der Waals surface area contributed by atoms with Crippen molar-refractivity contribution in [2.45, 2.75) is 6.42 Å². The summed E-state index contributed by atoms with van der Waals surface area (Å²) in [5, 5.41) is 9.07. The molecule has 11 heavy (non-hydrogen) atoms. The van der Waals surface area contributed by atoms with E-state index in [-0.39, 0.29) is 5.75 Å². The van der Waals surface area contributed by atoms with Gasteiger partial charge in [0.05, 0.1) is 0 Å². The maximum absolute atomic E-state index is 9.07. The molecule has 0 fully saturated rings. The van der Waals surface area contributed by atoms with Crippen molar-refractivity contribution in [3.05, 3.63) is 36.4 Å². The third-order valence-electron chi connectivity index (χ3n) is 1.49. The average molecular weight is 149 g/mol. The second-order valence-electron chi connectivity index (χ2n) is 2.38. The summed E-state index contributed by atoms with van der Waals surface area (Å²) in [7, 11) is 0. The Morgan fingerprint density at radius 1 is 1.55 bits per heavy atom. The summed E-state index contributed by atoms with van der Waals surface area (Å²) in [6, 6.07) is 4.91. The Morgan fingerprint density at radius 2 is 2.27 bits per heavy atom. The minimum atomic E-state index is 0.246. The molecule has 58 valence electrons. The van der Waals surface area contributed by atoms with Crippen LogP contribution in [0.2, 0.25) is 0 Å². The number of anilines is 1. The van der Waals surface area contributed by atoms with Gasteiger partial charge in [0.15, 0.2) is 0 Å². The molecule has 0 unspecified atom stereocenters. The summed E-state index contributed by atoms with van der Waals surface area (Å²) in [6.07, 6.45) is 2.45. The molecule has 1 aromatic carbocycles. The lowest BCUT2D eigenvalue weighted by atomic mass is 10.1. The highest BCUT2D eigenvalue weighted by Gasteiger charge is 1.96. The molecule has 0 aliphatic rings. The van der Waals surface area contributed by atoms with Gasteiger partial charge in [0.2, 0.25) is 0 Å². The van der Waals surface area contributed by atoms with Crippen molar-refractivity contribution in [2.75, 3.05) is 5.73 Å². The van der Waals surface area contributed by atoms with Crippen LogP contribution in [0.3, 0.4) is 0 Å². The van der Waals surface area contributed by atoms with Gasteiger partial charge < -0.3 is 10.8 Å². The molecule has 0 amide bonds. The van der Waals surface area contributed by atoms with Gasteiger partial charge in [-0.1, -0.05) is 6.08 Å². The van der Waals surface area contributed by atoms with Crippen LogP contribution in [0.5, 0.6) is 5.75 Å². The molecule has 0 bridgehead atoms. The van der Waals surface area contributed by atoms with Crippen LogP contribution < -0.4 is 5.73 Å². The summed E-state index contributed by atoms with van der Waals surface area (Å²) in [4.78, 5) is 0. The van der Waals surface area contributed by atoms with Crippen LogP contribution in [0.1, 0.15) is 5.56 Å². The van der Waals surface area contributed by atoms with E-state index in [2.05, 4.69) is 6.58 Å². The van der Waals surface area contributed by atoms with Gasteiger partial charge in [-0.2, -0.15) is 0 Å². The third-order valence-corrected chi connectivity index (χ3v) is 1.49. The number of nitrogens with two attached hydrogens (primary N) is 1. The maximum atomic E-state index is 9.07. The van der Waals surface area contributed by atoms with E-state index >= 15 is 0 Å². The van der Waals surface area contributed by atoms with Crippen LogP contribution in [0.25, 0.3) is 0 Å². The van der Waals surface area contributed by atoms with E-state index in [1.54, 1.807) is 24.3 Å². The fraction of sp³-hybridized carbons (Fsp3) is 0.111. The first kappa shape index (κ1) is 7.66. The van der Waals surface area contributed by atoms with Crippen molar-refractivity contribution in [3.63, 3.8) is 0 Å². The molecule has 3 N–H and O–H groups in total. The van der Waals surface area contributed by atoms with E-state index in [1.807, 2.05) is 0 Å². The molecule has 0 aliphatic carbocycles. The Morgan fingerprint density at radius 3 is 2.91 bits per heavy atom. The largest absolute Gasteiger partial charge is 0.508 e. The van der Waals surface area contributed by atoms with Gasteiger partial charge in [0.1, 0.15) is 5.75 Å². The number of hydrogen-bond acceptors (Lipinski definition) is 2. The molecule has 0 heterocycles. The summed E-state index contributed by atoms with van der Waals surface area (Å²) >= 11 is 0. The fourth-order valence-corrected chi connectivity index (χ4v) is 0.924. The van der Waals surface area contributed by atoms with Crippen molar-refractivity contribution in [1.82, 2.24) is 0 Å². The molecule has 0 aromatic heterocycles. The van der Waals surface area contributed by atoms with Gasteiger partial charge in [0.25, 0.3) is 0 Å². The summed E-state index contributed by atoms with van der Waals surface area (Å²) in [6.45, 7) is 3.59. The highest BCUT2D eigenvalue weighted by Crippen LogP contribution is 2.18. The predicted molar refractivity (Wildman–Crippen MR) is 46.4 cm³/mol. The predicted octanol–water partition coefficient (Wildman–Crippen LogP) is 1.70. The molecule has 1 aromatic rings. The number of nitrogen functional groups attached to an aromatic ring is 1. The van der Waals surface area contributed by atoms with Crippen LogP contribution in [-0.2, 0) is 6.42 Å². The standard InChI is InChI=1S/C9H11NO/c1-2-3-7-6-8(11)4-5-9(7)10/h2,4-6,11H,1,3,10H2. The van der Waals surface area contributed by atoms with Gasteiger partial charge in [-0.15, -0.1) is 6.58 Å². The molecule has 1 rings (SSSR count). The second-order valence-corrected chi connectivity index (χ2v) is 2.38. The lowest BCUT2D eigenvalue weighted by Crippen LogP contribution is -1.91. The molecular weight excluding hydrogens is 138 g/mol. The number of phenolic OH excluding ortho intramolecular Hbond substituents is 1. The van der Waals surface area contributed by atoms with Gasteiger partial charge in [-0.25, -0.2) is 0 Å². The van der Waals surface area contributed by atoms with Crippen molar-refractivity contribution >= 4 is 5.69 Å².